The summed E-state index contributed by atoms with van der Waals surface area (Å²) >= 11 is 7.03. The van der Waals surface area contributed by atoms with Gasteiger partial charge in [-0.15, -0.1) is 11.3 Å². The molecule has 0 aliphatic rings. The first-order chi connectivity index (χ1) is 10.5. The number of thiophene rings is 1. The lowest BCUT2D eigenvalue weighted by molar-refractivity contribution is -0.384. The summed E-state index contributed by atoms with van der Waals surface area (Å²) in [7, 11) is 0. The summed E-state index contributed by atoms with van der Waals surface area (Å²) in [6.45, 7) is 4.26. The highest BCUT2D eigenvalue weighted by Gasteiger charge is 2.17. The summed E-state index contributed by atoms with van der Waals surface area (Å²) in [6, 6.07) is 10.4. The SMILES string of the molecule is CC(C)[C@@H](NC(=S)Nc1ccc([N+](=O)[O-])cc1)c1cccs1. The number of hydrogen-bond donors (Lipinski definition) is 2. The molecule has 1 aromatic carbocycles. The summed E-state index contributed by atoms with van der Waals surface area (Å²) in [4.78, 5) is 11.4. The molecular formula is C15H17N3O2S2. The van der Waals surface area contributed by atoms with E-state index in [0.717, 1.165) is 5.69 Å². The Hall–Kier alpha value is -1.99. The number of nitro groups is 1. The van der Waals surface area contributed by atoms with Gasteiger partial charge in [0.05, 0.1) is 11.0 Å². The van der Waals surface area contributed by atoms with Crippen LogP contribution in [0.15, 0.2) is 41.8 Å². The van der Waals surface area contributed by atoms with Crippen LogP contribution in [0.1, 0.15) is 24.8 Å². The maximum absolute atomic E-state index is 10.6. The van der Waals surface area contributed by atoms with E-state index in [1.54, 1.807) is 23.5 Å². The molecule has 2 aromatic rings. The van der Waals surface area contributed by atoms with Crippen molar-refractivity contribution in [2.75, 3.05) is 5.32 Å². The van der Waals surface area contributed by atoms with Crippen molar-refractivity contribution in [2.45, 2.75) is 19.9 Å². The maximum atomic E-state index is 10.6. The van der Waals surface area contributed by atoms with Gasteiger partial charge >= 0.3 is 0 Å². The van der Waals surface area contributed by atoms with Crippen molar-refractivity contribution in [1.82, 2.24) is 5.32 Å². The van der Waals surface area contributed by atoms with Crippen molar-refractivity contribution in [3.63, 3.8) is 0 Å². The zero-order valence-electron chi connectivity index (χ0n) is 12.3. The molecule has 0 spiro atoms. The molecule has 0 saturated heterocycles. The Labute approximate surface area is 138 Å². The first-order valence-corrected chi connectivity index (χ1v) is 8.11. The summed E-state index contributed by atoms with van der Waals surface area (Å²) in [5, 5.41) is 19.5. The zero-order chi connectivity index (χ0) is 16.1. The lowest BCUT2D eigenvalue weighted by Crippen LogP contribution is -2.34. The predicted octanol–water partition coefficient (Wildman–Crippen LogP) is 4.34. The Morgan fingerprint density at radius 1 is 1.27 bits per heavy atom. The number of benzene rings is 1. The van der Waals surface area contributed by atoms with Crippen molar-refractivity contribution in [2.24, 2.45) is 5.92 Å². The fourth-order valence-corrected chi connectivity index (χ4v) is 3.20. The molecule has 0 unspecified atom stereocenters. The number of rotatable bonds is 5. The number of nitrogens with one attached hydrogen (secondary N) is 2. The minimum atomic E-state index is -0.425. The summed E-state index contributed by atoms with van der Waals surface area (Å²) < 4.78 is 0. The fourth-order valence-electron chi connectivity index (χ4n) is 2.01. The van der Waals surface area contributed by atoms with E-state index in [1.807, 2.05) is 11.4 Å². The Morgan fingerprint density at radius 3 is 2.45 bits per heavy atom. The molecule has 1 atom stereocenters. The van der Waals surface area contributed by atoms with E-state index < -0.39 is 4.92 Å². The van der Waals surface area contributed by atoms with Gasteiger partial charge in [0, 0.05) is 22.7 Å². The normalized spacial score (nSPS) is 12.0. The second-order valence-corrected chi connectivity index (χ2v) is 6.53. The van der Waals surface area contributed by atoms with E-state index in [9.17, 15) is 10.1 Å². The van der Waals surface area contributed by atoms with Crippen LogP contribution in [-0.2, 0) is 0 Å². The Bertz CT molecular complexity index is 639. The van der Waals surface area contributed by atoms with Gasteiger partial charge in [-0.2, -0.15) is 0 Å². The smallest absolute Gasteiger partial charge is 0.269 e. The van der Waals surface area contributed by atoms with Crippen LogP contribution in [0.25, 0.3) is 0 Å². The van der Waals surface area contributed by atoms with Crippen LogP contribution in [0, 0.1) is 16.0 Å². The van der Waals surface area contributed by atoms with Crippen LogP contribution in [-0.4, -0.2) is 10.0 Å². The summed E-state index contributed by atoms with van der Waals surface area (Å²) in [5.74, 6) is 0.385. The lowest BCUT2D eigenvalue weighted by atomic mass is 10.0. The van der Waals surface area contributed by atoms with Crippen LogP contribution in [0.4, 0.5) is 11.4 Å². The molecule has 2 rings (SSSR count). The van der Waals surface area contributed by atoms with E-state index in [0.29, 0.717) is 11.0 Å². The molecule has 0 saturated carbocycles. The number of hydrogen-bond acceptors (Lipinski definition) is 4. The molecule has 2 N–H and O–H groups in total. The van der Waals surface area contributed by atoms with Crippen molar-refractivity contribution >= 4 is 40.0 Å². The second-order valence-electron chi connectivity index (χ2n) is 5.14. The Balaban J connectivity index is 2.00. The molecule has 0 fully saturated rings. The highest BCUT2D eigenvalue weighted by molar-refractivity contribution is 7.80. The van der Waals surface area contributed by atoms with E-state index in [-0.39, 0.29) is 11.7 Å². The van der Waals surface area contributed by atoms with Gasteiger partial charge in [-0.1, -0.05) is 19.9 Å². The molecule has 0 bridgehead atoms. The molecular weight excluding hydrogens is 318 g/mol. The van der Waals surface area contributed by atoms with Gasteiger partial charge in [0.15, 0.2) is 5.11 Å². The first-order valence-electron chi connectivity index (χ1n) is 6.82. The average molecular weight is 335 g/mol. The van der Waals surface area contributed by atoms with Gasteiger partial charge < -0.3 is 10.6 Å². The number of anilines is 1. The molecule has 0 aliphatic heterocycles. The van der Waals surface area contributed by atoms with E-state index in [4.69, 9.17) is 12.2 Å². The topological polar surface area (TPSA) is 67.2 Å². The summed E-state index contributed by atoms with van der Waals surface area (Å²) in [6.07, 6.45) is 0. The lowest BCUT2D eigenvalue weighted by Gasteiger charge is -2.23. The van der Waals surface area contributed by atoms with Crippen LogP contribution in [0.2, 0.25) is 0 Å². The van der Waals surface area contributed by atoms with Gasteiger partial charge in [0.2, 0.25) is 0 Å². The standard InChI is InChI=1S/C15H17N3O2S2/c1-10(2)14(13-4-3-9-22-13)17-15(21)16-11-5-7-12(8-6-11)18(19)20/h3-10,14H,1-2H3,(H2,16,17,21)/t14-/m1/s1. The van der Waals surface area contributed by atoms with Gasteiger partial charge in [-0.05, 0) is 41.7 Å². The number of non-ortho nitro benzene ring substituents is 1. The minimum Gasteiger partial charge on any atom is -0.355 e. The van der Waals surface area contributed by atoms with Gasteiger partial charge in [0.1, 0.15) is 0 Å². The second kappa shape index (κ2) is 7.33. The zero-order valence-corrected chi connectivity index (χ0v) is 13.9. The predicted molar refractivity (Wildman–Crippen MR) is 94.4 cm³/mol. The van der Waals surface area contributed by atoms with Crippen LogP contribution in [0.5, 0.6) is 0 Å². The molecule has 1 heterocycles. The van der Waals surface area contributed by atoms with Gasteiger partial charge in [-0.3, -0.25) is 10.1 Å². The maximum Gasteiger partial charge on any atom is 0.269 e. The molecule has 7 heteroatoms. The Kier molecular flexibility index (Phi) is 5.46. The van der Waals surface area contributed by atoms with E-state index in [2.05, 4.69) is 30.5 Å². The molecule has 22 heavy (non-hydrogen) atoms. The van der Waals surface area contributed by atoms with Crippen molar-refractivity contribution in [1.29, 1.82) is 0 Å². The van der Waals surface area contributed by atoms with Crippen molar-refractivity contribution < 1.29 is 4.92 Å². The molecule has 116 valence electrons. The van der Waals surface area contributed by atoms with E-state index in [1.165, 1.54) is 17.0 Å². The largest absolute Gasteiger partial charge is 0.355 e. The molecule has 0 radical (unpaired) electrons. The quantitative estimate of drug-likeness (QED) is 0.483. The monoisotopic (exact) mass is 335 g/mol. The third-order valence-electron chi connectivity index (χ3n) is 3.14. The fraction of sp³-hybridized carbons (Fsp3) is 0.267. The summed E-state index contributed by atoms with van der Waals surface area (Å²) in [5.41, 5.74) is 0.778. The molecule has 0 aliphatic carbocycles. The molecule has 1 aromatic heterocycles. The highest BCUT2D eigenvalue weighted by atomic mass is 32.1. The third-order valence-corrected chi connectivity index (χ3v) is 4.31. The van der Waals surface area contributed by atoms with Crippen LogP contribution < -0.4 is 10.6 Å². The van der Waals surface area contributed by atoms with Crippen LogP contribution in [0.3, 0.4) is 0 Å². The number of thiocarbonyl (C=S) groups is 1. The highest BCUT2D eigenvalue weighted by Crippen LogP contribution is 2.26. The first kappa shape index (κ1) is 16.4. The van der Waals surface area contributed by atoms with Crippen LogP contribution >= 0.6 is 23.6 Å². The third kappa shape index (κ3) is 4.25. The molecule has 5 nitrogen and oxygen atoms in total. The minimum absolute atomic E-state index is 0.0584. The van der Waals surface area contributed by atoms with Gasteiger partial charge in [-0.25, -0.2) is 0 Å². The number of nitrogens with zero attached hydrogens (tertiary/aromatic N) is 1. The van der Waals surface area contributed by atoms with Gasteiger partial charge in [0.25, 0.3) is 5.69 Å². The van der Waals surface area contributed by atoms with Crippen molar-refractivity contribution in [3.8, 4) is 0 Å². The van der Waals surface area contributed by atoms with Crippen molar-refractivity contribution in [3.05, 3.63) is 56.8 Å². The number of nitro benzene ring substituents is 1. The molecule has 0 amide bonds. The average Bonchev–Trinajstić information content (AvgIpc) is 2.99. The van der Waals surface area contributed by atoms with E-state index >= 15 is 0 Å². The Morgan fingerprint density at radius 2 is 1.95 bits per heavy atom.